The highest BCUT2D eigenvalue weighted by atomic mass is 35.5. The van der Waals surface area contributed by atoms with Gasteiger partial charge in [0.2, 0.25) is 5.91 Å². The number of aromatic nitrogens is 1. The summed E-state index contributed by atoms with van der Waals surface area (Å²) in [4.78, 5) is 27.7. The number of nitrogens with one attached hydrogen (secondary N) is 2. The summed E-state index contributed by atoms with van der Waals surface area (Å²) >= 11 is 1.36. The summed E-state index contributed by atoms with van der Waals surface area (Å²) in [7, 11) is 0. The van der Waals surface area contributed by atoms with Gasteiger partial charge in [0.15, 0.2) is 5.13 Å². The van der Waals surface area contributed by atoms with Gasteiger partial charge in [-0.3, -0.25) is 14.9 Å². The normalized spacial score (nSPS) is 18.8. The monoisotopic (exact) mass is 396 g/mol. The van der Waals surface area contributed by atoms with E-state index in [1.807, 2.05) is 29.6 Å². The first kappa shape index (κ1) is 20.3. The summed E-state index contributed by atoms with van der Waals surface area (Å²) in [6.45, 7) is 1.90. The van der Waals surface area contributed by atoms with E-state index in [0.29, 0.717) is 18.1 Å². The third-order valence-electron chi connectivity index (χ3n) is 3.90. The number of nitrogens with zero attached hydrogens (tertiary/aromatic N) is 1. The molecule has 0 bridgehead atoms. The standard InChI is InChI=1S/C17H20N4O3S.ClH/c1-10(22)19-12-4-2-11(3-5-12)14-9-25-17(20-14)21-16(23)15-7-6-13(8-18)24-15;/h2-5,9,13,15H,6-8,18H2,1H3,(H,19,22)(H,20,21,23);1H/t13-,15+;/m1./s1. The number of hydrogen-bond donors (Lipinski definition) is 3. The van der Waals surface area contributed by atoms with Gasteiger partial charge in [-0.2, -0.15) is 0 Å². The van der Waals surface area contributed by atoms with Crippen LogP contribution in [0.1, 0.15) is 19.8 Å². The number of halogens is 1. The average molecular weight is 397 g/mol. The van der Waals surface area contributed by atoms with Gasteiger partial charge in [-0.15, -0.1) is 23.7 Å². The molecule has 1 saturated heterocycles. The van der Waals surface area contributed by atoms with Crippen molar-refractivity contribution in [1.82, 2.24) is 4.98 Å². The van der Waals surface area contributed by atoms with E-state index >= 15 is 0 Å². The van der Waals surface area contributed by atoms with Gasteiger partial charge in [0, 0.05) is 30.1 Å². The van der Waals surface area contributed by atoms with Gasteiger partial charge in [0.25, 0.3) is 5.91 Å². The van der Waals surface area contributed by atoms with Crippen LogP contribution in [0.15, 0.2) is 29.6 Å². The van der Waals surface area contributed by atoms with Crippen molar-refractivity contribution in [2.45, 2.75) is 32.0 Å². The second-order valence-corrected chi connectivity index (χ2v) is 6.70. The summed E-state index contributed by atoms with van der Waals surface area (Å²) in [5, 5.41) is 7.93. The number of carbonyl (C=O) groups excluding carboxylic acids is 2. The van der Waals surface area contributed by atoms with Gasteiger partial charge < -0.3 is 15.8 Å². The summed E-state index contributed by atoms with van der Waals surface area (Å²) in [6.07, 6.45) is 0.983. The Labute approximate surface area is 161 Å². The first-order valence-electron chi connectivity index (χ1n) is 8.05. The maximum atomic E-state index is 12.2. The maximum absolute atomic E-state index is 12.2. The molecule has 1 aliphatic heterocycles. The zero-order valence-electron chi connectivity index (χ0n) is 14.2. The molecule has 1 aromatic carbocycles. The minimum Gasteiger partial charge on any atom is -0.364 e. The molecule has 0 saturated carbocycles. The molecule has 1 aliphatic rings. The minimum absolute atomic E-state index is 0. The molecule has 1 aromatic heterocycles. The molecular formula is C17H21ClN4O3S. The number of benzene rings is 1. The second kappa shape index (κ2) is 9.09. The number of rotatable bonds is 5. The van der Waals surface area contributed by atoms with Crippen LogP contribution in [-0.4, -0.2) is 35.6 Å². The van der Waals surface area contributed by atoms with E-state index in [0.717, 1.165) is 23.4 Å². The van der Waals surface area contributed by atoms with E-state index in [1.54, 1.807) is 0 Å². The van der Waals surface area contributed by atoms with Crippen molar-refractivity contribution in [2.75, 3.05) is 17.2 Å². The predicted molar refractivity (Wildman–Crippen MR) is 105 cm³/mol. The predicted octanol–water partition coefficient (Wildman–Crippen LogP) is 2.64. The van der Waals surface area contributed by atoms with Crippen molar-refractivity contribution in [3.63, 3.8) is 0 Å². The van der Waals surface area contributed by atoms with Crippen LogP contribution in [0.4, 0.5) is 10.8 Å². The number of amides is 2. The molecule has 1 fully saturated rings. The van der Waals surface area contributed by atoms with Crippen LogP contribution >= 0.6 is 23.7 Å². The molecule has 7 nitrogen and oxygen atoms in total. The van der Waals surface area contributed by atoms with Crippen LogP contribution in [0.3, 0.4) is 0 Å². The molecule has 2 atom stereocenters. The van der Waals surface area contributed by atoms with Gasteiger partial charge in [0.1, 0.15) is 6.10 Å². The minimum atomic E-state index is -0.460. The number of ether oxygens (including phenoxy) is 1. The molecule has 2 amide bonds. The first-order valence-corrected chi connectivity index (χ1v) is 8.93. The number of anilines is 2. The molecule has 26 heavy (non-hydrogen) atoms. The fraction of sp³-hybridized carbons (Fsp3) is 0.353. The molecule has 0 aliphatic carbocycles. The quantitative estimate of drug-likeness (QED) is 0.720. The molecule has 9 heteroatoms. The smallest absolute Gasteiger partial charge is 0.255 e. The highest BCUT2D eigenvalue weighted by Gasteiger charge is 2.30. The molecule has 4 N–H and O–H groups in total. The SMILES string of the molecule is CC(=O)Nc1ccc(-c2csc(NC(=O)[C@@H]3CC[C@H](CN)O3)n2)cc1.Cl. The molecule has 0 unspecified atom stereocenters. The Morgan fingerprint density at radius 1 is 1.27 bits per heavy atom. The first-order chi connectivity index (χ1) is 12.0. The highest BCUT2D eigenvalue weighted by molar-refractivity contribution is 7.14. The fourth-order valence-electron chi connectivity index (χ4n) is 2.65. The number of nitrogens with two attached hydrogens (primary N) is 1. The Morgan fingerprint density at radius 2 is 2.00 bits per heavy atom. The van der Waals surface area contributed by atoms with Crippen LogP contribution in [0.2, 0.25) is 0 Å². The molecule has 0 spiro atoms. The number of thiazole rings is 1. The highest BCUT2D eigenvalue weighted by Crippen LogP contribution is 2.27. The van der Waals surface area contributed by atoms with Crippen molar-refractivity contribution in [1.29, 1.82) is 0 Å². The van der Waals surface area contributed by atoms with E-state index in [4.69, 9.17) is 10.5 Å². The van der Waals surface area contributed by atoms with Crippen molar-refractivity contribution >= 4 is 46.4 Å². The van der Waals surface area contributed by atoms with Crippen LogP contribution in [0, 0.1) is 0 Å². The summed E-state index contributed by atoms with van der Waals surface area (Å²) in [5.41, 5.74) is 7.97. The van der Waals surface area contributed by atoms with E-state index in [1.165, 1.54) is 18.3 Å². The lowest BCUT2D eigenvalue weighted by Gasteiger charge is -2.11. The van der Waals surface area contributed by atoms with Gasteiger partial charge in [0.05, 0.1) is 11.8 Å². The van der Waals surface area contributed by atoms with Gasteiger partial charge in [-0.25, -0.2) is 4.98 Å². The molecular weight excluding hydrogens is 376 g/mol. The Bertz CT molecular complexity index is 766. The van der Waals surface area contributed by atoms with Gasteiger partial charge in [-0.1, -0.05) is 12.1 Å². The summed E-state index contributed by atoms with van der Waals surface area (Å²) in [6, 6.07) is 7.37. The van der Waals surface area contributed by atoms with E-state index in [-0.39, 0.29) is 30.3 Å². The Kier molecular flexibility index (Phi) is 7.10. The zero-order valence-corrected chi connectivity index (χ0v) is 15.9. The topological polar surface area (TPSA) is 106 Å². The number of hydrogen-bond acceptors (Lipinski definition) is 6. The van der Waals surface area contributed by atoms with Crippen molar-refractivity contribution in [2.24, 2.45) is 5.73 Å². The summed E-state index contributed by atoms with van der Waals surface area (Å²) in [5.74, 6) is -0.296. The molecule has 2 heterocycles. The Hall–Kier alpha value is -2.00. The van der Waals surface area contributed by atoms with E-state index < -0.39 is 6.10 Å². The van der Waals surface area contributed by atoms with Crippen molar-refractivity contribution in [3.05, 3.63) is 29.6 Å². The lowest BCUT2D eigenvalue weighted by Crippen LogP contribution is -2.29. The fourth-order valence-corrected chi connectivity index (χ4v) is 3.37. The summed E-state index contributed by atoms with van der Waals surface area (Å²) < 4.78 is 5.59. The maximum Gasteiger partial charge on any atom is 0.255 e. The van der Waals surface area contributed by atoms with Crippen LogP contribution in [0.25, 0.3) is 11.3 Å². The van der Waals surface area contributed by atoms with E-state index in [2.05, 4.69) is 15.6 Å². The molecule has 2 aromatic rings. The van der Waals surface area contributed by atoms with Crippen molar-refractivity contribution in [3.8, 4) is 11.3 Å². The van der Waals surface area contributed by atoms with Gasteiger partial charge in [-0.05, 0) is 25.0 Å². The van der Waals surface area contributed by atoms with Crippen molar-refractivity contribution < 1.29 is 14.3 Å². The van der Waals surface area contributed by atoms with E-state index in [9.17, 15) is 9.59 Å². The van der Waals surface area contributed by atoms with Gasteiger partial charge >= 0.3 is 0 Å². The Balaban J connectivity index is 0.00000243. The average Bonchev–Trinajstić information content (AvgIpc) is 3.24. The third kappa shape index (κ3) is 5.01. The largest absolute Gasteiger partial charge is 0.364 e. The van der Waals surface area contributed by atoms with Crippen LogP contribution in [0.5, 0.6) is 0 Å². The van der Waals surface area contributed by atoms with Crippen LogP contribution < -0.4 is 16.4 Å². The number of carbonyl (C=O) groups is 2. The lowest BCUT2D eigenvalue weighted by molar-refractivity contribution is -0.126. The molecule has 140 valence electrons. The molecule has 0 radical (unpaired) electrons. The van der Waals surface area contributed by atoms with Crippen LogP contribution in [-0.2, 0) is 14.3 Å². The zero-order chi connectivity index (χ0) is 17.8. The lowest BCUT2D eigenvalue weighted by atomic mass is 10.1. The Morgan fingerprint density at radius 3 is 2.62 bits per heavy atom. The molecule has 3 rings (SSSR count). The third-order valence-corrected chi connectivity index (χ3v) is 4.66. The second-order valence-electron chi connectivity index (χ2n) is 5.85.